The molecule has 0 aromatic rings. The first kappa shape index (κ1) is 62.4. The van der Waals surface area contributed by atoms with Gasteiger partial charge in [-0.25, -0.2) is 13.2 Å². The third-order valence-electron chi connectivity index (χ3n) is 15.9. The van der Waals surface area contributed by atoms with Gasteiger partial charge in [0.05, 0.1) is 24.4 Å². The summed E-state index contributed by atoms with van der Waals surface area (Å²) < 4.78 is 65.6. The number of aliphatic hydroxyl groups is 1. The number of amides is 1. The number of allylic oxidation sites excluding steroid dienone is 6. The number of hydrogen-bond donors (Lipinski definition) is 1. The lowest BCUT2D eigenvalue weighted by Gasteiger charge is -2.50. The zero-order valence-corrected chi connectivity index (χ0v) is 48.7. The molecule has 17 nitrogen and oxygen atoms in total. The number of esters is 2. The molecule has 75 heavy (non-hydrogen) atoms. The highest BCUT2D eigenvalue weighted by atomic mass is 35.7. The van der Waals surface area contributed by atoms with Crippen LogP contribution in [-0.2, 0) is 70.7 Å². The van der Waals surface area contributed by atoms with Gasteiger partial charge in [-0.2, -0.15) is 0 Å². The van der Waals surface area contributed by atoms with Crippen LogP contribution in [0.1, 0.15) is 112 Å². The summed E-state index contributed by atoms with van der Waals surface area (Å²) >= 11 is 0. The van der Waals surface area contributed by atoms with Crippen molar-refractivity contribution in [1.29, 1.82) is 0 Å². The molecule has 6 bridgehead atoms. The number of halogens is 1. The highest BCUT2D eigenvalue weighted by Gasteiger charge is 2.57. The molecule has 20 heteroatoms. The van der Waals surface area contributed by atoms with E-state index in [1.807, 2.05) is 77.7 Å². The van der Waals surface area contributed by atoms with E-state index >= 15 is 0 Å². The van der Waals surface area contributed by atoms with Gasteiger partial charge in [0.1, 0.15) is 30.1 Å². The number of hydrogen-bond acceptors (Lipinski definition) is 16. The predicted molar refractivity (Wildman–Crippen MR) is 284 cm³/mol. The van der Waals surface area contributed by atoms with E-state index in [9.17, 15) is 42.3 Å². The minimum atomic E-state index is -4.16. The first-order valence-electron chi connectivity index (χ1n) is 26.7. The van der Waals surface area contributed by atoms with Gasteiger partial charge in [0, 0.05) is 75.1 Å². The molecular weight excluding hydrogens is 1030 g/mol. The zero-order valence-electron chi connectivity index (χ0n) is 46.1. The fourth-order valence-corrected chi connectivity index (χ4v) is 13.6. The fourth-order valence-electron chi connectivity index (χ4n) is 11.9. The van der Waals surface area contributed by atoms with Crippen molar-refractivity contribution in [3.8, 4) is 0 Å². The molecule has 0 aromatic carbocycles. The Bertz CT molecular complexity index is 2300. The number of piperidine rings is 1. The molecule has 0 aromatic heterocycles. The summed E-state index contributed by atoms with van der Waals surface area (Å²) in [5.74, 6) is -10.9. The Balaban J connectivity index is 1.55. The largest absolute Gasteiger partial charge is 0.460 e. The molecule has 0 radical (unpaired) electrons. The average molecular weight is 1110 g/mol. The third-order valence-corrected chi connectivity index (χ3v) is 17.8. The smallest absolute Gasteiger partial charge is 0.329 e. The van der Waals surface area contributed by atoms with E-state index in [4.69, 9.17) is 43.5 Å². The number of ether oxygens (including phenoxy) is 6. The molecule has 422 valence electrons. The molecule has 5 aliphatic rings. The Morgan fingerprint density at radius 2 is 1.57 bits per heavy atom. The normalized spacial score (nSPS) is 38.9. The first-order valence-corrected chi connectivity index (χ1v) is 32.6. The number of carbonyl (C=O) groups excluding carboxylic acids is 6. The number of Topliss-reactive ketones (excluding diaryl/α,β-unsaturated/α-hetero) is 3. The quantitative estimate of drug-likeness (QED) is 0.0741. The van der Waals surface area contributed by atoms with Crippen LogP contribution in [0.15, 0.2) is 47.6 Å². The molecule has 4 aliphatic heterocycles. The molecule has 4 heterocycles. The van der Waals surface area contributed by atoms with Gasteiger partial charge in [-0.1, -0.05) is 64.2 Å². The van der Waals surface area contributed by atoms with Crippen molar-refractivity contribution in [2.24, 2.45) is 41.4 Å². The molecule has 0 spiro atoms. The Morgan fingerprint density at radius 3 is 2.21 bits per heavy atom. The maximum atomic E-state index is 14.7. The minimum Gasteiger partial charge on any atom is -0.460 e. The Hall–Kier alpha value is -3.40. The van der Waals surface area contributed by atoms with Gasteiger partial charge in [0.15, 0.2) is 19.9 Å². The van der Waals surface area contributed by atoms with Crippen LogP contribution in [0.2, 0.25) is 19.6 Å². The van der Waals surface area contributed by atoms with Crippen molar-refractivity contribution < 1.29 is 75.1 Å². The lowest BCUT2D eigenvalue weighted by atomic mass is 9.68. The van der Waals surface area contributed by atoms with Crippen molar-refractivity contribution in [2.45, 2.75) is 186 Å². The Morgan fingerprint density at radius 1 is 0.867 bits per heavy atom. The summed E-state index contributed by atoms with van der Waals surface area (Å²) in [7, 11) is 3.36. The van der Waals surface area contributed by atoms with E-state index in [2.05, 4.69) is 0 Å². The van der Waals surface area contributed by atoms with Crippen LogP contribution in [-0.4, -0.2) is 150 Å². The summed E-state index contributed by atoms with van der Waals surface area (Å²) in [4.78, 5) is 86.4. The van der Waals surface area contributed by atoms with Crippen LogP contribution in [0.3, 0.4) is 0 Å². The average Bonchev–Trinajstić information content (AvgIpc) is 3.33. The maximum Gasteiger partial charge on any atom is 0.329 e. The van der Waals surface area contributed by atoms with E-state index in [1.165, 1.54) is 19.1 Å². The molecule has 3 saturated heterocycles. The van der Waals surface area contributed by atoms with E-state index in [1.54, 1.807) is 27.0 Å². The molecule has 4 fully saturated rings. The van der Waals surface area contributed by atoms with Crippen LogP contribution in [0.25, 0.3) is 0 Å². The van der Waals surface area contributed by atoms with Crippen LogP contribution < -0.4 is 0 Å². The third kappa shape index (κ3) is 16.6. The van der Waals surface area contributed by atoms with E-state index in [0.29, 0.717) is 63.4 Å². The second-order valence-corrected chi connectivity index (χ2v) is 30.1. The van der Waals surface area contributed by atoms with Gasteiger partial charge in [-0.15, -0.1) is 0 Å². The topological polar surface area (TPSA) is 225 Å². The molecule has 5 rings (SSSR count). The van der Waals surface area contributed by atoms with Gasteiger partial charge < -0.3 is 42.9 Å². The SMILES string of the molecule is CO[C@H]1C[C@@H]2CC[C@@H](C)[C@@](O)(O2)C(=O)C(=O)N2CCCC3[C@H]2C(=O)O[C@@H](CC(=O)[C@H](C)/C=C(\C)[C@@H](O[Si](C)(C)C)[C@@H](OC)C(=O)[C@H](C)C[C@H](C)/C=C/C=C/C=C/1C)[C@H]3C[C@@H]1CC[C@@H](OC(=O)CS(=O)(=O)Cl)[C@H](OC)C1. The van der Waals surface area contributed by atoms with Crippen LogP contribution in [0.4, 0.5) is 0 Å². The summed E-state index contributed by atoms with van der Waals surface area (Å²) in [6.07, 6.45) is 10.2. The molecule has 1 N–H and O–H groups in total. The van der Waals surface area contributed by atoms with Crippen molar-refractivity contribution in [3.63, 3.8) is 0 Å². The number of rotatable bonds is 10. The highest BCUT2D eigenvalue weighted by molar-refractivity contribution is 8.14. The number of ketones is 3. The highest BCUT2D eigenvalue weighted by Crippen LogP contribution is 2.46. The second kappa shape index (κ2) is 27.0. The van der Waals surface area contributed by atoms with Gasteiger partial charge in [0.2, 0.25) is 14.8 Å². The summed E-state index contributed by atoms with van der Waals surface area (Å²) in [5.41, 5.74) is 1.51. The minimum absolute atomic E-state index is 0.0265. The van der Waals surface area contributed by atoms with Crippen molar-refractivity contribution in [1.82, 2.24) is 4.90 Å². The van der Waals surface area contributed by atoms with Crippen molar-refractivity contribution in [3.05, 3.63) is 47.6 Å². The van der Waals surface area contributed by atoms with Crippen molar-refractivity contribution in [2.75, 3.05) is 33.6 Å². The van der Waals surface area contributed by atoms with Gasteiger partial charge in [0.25, 0.3) is 11.7 Å². The van der Waals surface area contributed by atoms with Gasteiger partial charge >= 0.3 is 11.9 Å². The molecule has 1 unspecified atom stereocenters. The summed E-state index contributed by atoms with van der Waals surface area (Å²) in [6.45, 7) is 17.2. The lowest BCUT2D eigenvalue weighted by molar-refractivity contribution is -0.266. The van der Waals surface area contributed by atoms with Crippen LogP contribution in [0, 0.1) is 41.4 Å². The standard InChI is InChI=1S/C55H84ClNO16SSi/c1-32-17-14-13-15-18-33(2)44(67-7)29-39-22-20-37(6)55(64,72-39)52(61)53(62)57-24-16-19-40-41(27-38-21-23-43(46(28-38)68-8)70-47(59)31-74(56,65)66)45(71-54(63)48(40)57)30-42(58)34(3)26-36(5)50(73-75(10,11)12)51(69-9)49(60)35(4)25-32/h13-15,17-18,26,32,34-35,37-41,43-46,48,50-51,64H,16,19-25,27-31H2,1-12H3/b15-13+,17-14+,33-18+,36-26+/t32-,34-,35-,37-,38+,39+,40?,41+,43-,44+,45+,46-,48+,50-,51+,55-/m1/s1. The van der Waals surface area contributed by atoms with Crippen LogP contribution in [0.5, 0.6) is 0 Å². The summed E-state index contributed by atoms with van der Waals surface area (Å²) in [6, 6.07) is -1.21. The van der Waals surface area contributed by atoms with Gasteiger partial charge in [-0.3, -0.25) is 24.0 Å². The van der Waals surface area contributed by atoms with Gasteiger partial charge in [-0.05, 0) is 120 Å². The number of carbonyl (C=O) groups is 6. The maximum absolute atomic E-state index is 14.7. The lowest BCUT2D eigenvalue weighted by Crippen LogP contribution is -2.65. The Kier molecular flexibility index (Phi) is 22.5. The predicted octanol–water partition coefficient (Wildman–Crippen LogP) is 7.38. The Labute approximate surface area is 450 Å². The summed E-state index contributed by atoms with van der Waals surface area (Å²) in [5, 5.41) is 12.1. The molecule has 1 saturated carbocycles. The fraction of sp³-hybridized carbons (Fsp3) is 0.745. The van der Waals surface area contributed by atoms with Crippen molar-refractivity contribution >= 4 is 63.2 Å². The molecule has 1 aliphatic carbocycles. The first-order chi connectivity index (χ1) is 35.1. The number of fused-ring (bicyclic) bond motifs is 3. The number of methoxy groups -OCH3 is 3. The molecule has 16 atom stereocenters. The van der Waals surface area contributed by atoms with E-state index in [-0.39, 0.29) is 42.8 Å². The molecule has 1 amide bonds. The monoisotopic (exact) mass is 1110 g/mol. The zero-order chi connectivity index (χ0) is 55.7. The molecular formula is C55H84ClNO16SSi. The van der Waals surface area contributed by atoms with Crippen LogP contribution >= 0.6 is 10.7 Å². The van der Waals surface area contributed by atoms with E-state index in [0.717, 1.165) is 5.57 Å². The van der Waals surface area contributed by atoms with E-state index < -0.39 is 131 Å². The second-order valence-electron chi connectivity index (χ2n) is 22.9. The number of nitrogens with zero attached hydrogens (tertiary/aromatic N) is 1.